The average molecular weight is 399 g/mol. The summed E-state index contributed by atoms with van der Waals surface area (Å²) in [6, 6.07) is 13.5. The third kappa shape index (κ3) is 4.42. The summed E-state index contributed by atoms with van der Waals surface area (Å²) in [7, 11) is 0. The van der Waals surface area contributed by atoms with E-state index in [9.17, 15) is 14.0 Å². The predicted molar refractivity (Wildman–Crippen MR) is 110 cm³/mol. The van der Waals surface area contributed by atoms with Crippen LogP contribution in [0.5, 0.6) is 0 Å². The molecule has 5 nitrogen and oxygen atoms in total. The van der Waals surface area contributed by atoms with Gasteiger partial charge in [0.2, 0.25) is 5.91 Å². The first-order valence-electron chi connectivity index (χ1n) is 9.15. The number of nitrogens with one attached hydrogen (secondary N) is 1. The predicted octanol–water partition coefficient (Wildman–Crippen LogP) is 3.92. The van der Waals surface area contributed by atoms with Gasteiger partial charge in [0.15, 0.2) is 5.16 Å². The maximum Gasteiger partial charge on any atom is 0.262 e. The molecule has 0 saturated carbocycles. The quantitative estimate of drug-likeness (QED) is 0.483. The van der Waals surface area contributed by atoms with Gasteiger partial charge in [-0.3, -0.25) is 14.2 Å². The number of benzene rings is 2. The van der Waals surface area contributed by atoms with Crippen molar-refractivity contribution in [2.24, 2.45) is 0 Å². The molecule has 1 amide bonds. The Bertz CT molecular complexity index is 1050. The van der Waals surface area contributed by atoms with E-state index >= 15 is 0 Å². The van der Waals surface area contributed by atoms with Crippen LogP contribution in [0.3, 0.4) is 0 Å². The van der Waals surface area contributed by atoms with E-state index < -0.39 is 0 Å². The SMILES string of the molecule is CC[C@H](C)n1c(SCC(=O)NCc2ccccc2F)nc2ccccc2c1=O. The van der Waals surface area contributed by atoms with Crippen molar-refractivity contribution in [3.63, 3.8) is 0 Å². The minimum atomic E-state index is -0.350. The number of hydrogen-bond donors (Lipinski definition) is 1. The van der Waals surface area contributed by atoms with E-state index in [2.05, 4.69) is 10.3 Å². The highest BCUT2D eigenvalue weighted by Crippen LogP contribution is 2.22. The van der Waals surface area contributed by atoms with Crippen LogP contribution in [0.15, 0.2) is 58.5 Å². The molecule has 146 valence electrons. The largest absolute Gasteiger partial charge is 0.351 e. The second-order valence-corrected chi connectivity index (χ2v) is 7.44. The normalized spacial score (nSPS) is 12.1. The van der Waals surface area contributed by atoms with Crippen molar-refractivity contribution in [3.05, 3.63) is 70.3 Å². The maximum absolute atomic E-state index is 13.7. The van der Waals surface area contributed by atoms with Gasteiger partial charge < -0.3 is 5.32 Å². The number of carbonyl (C=O) groups excluding carboxylic acids is 1. The molecule has 0 aliphatic rings. The Morgan fingerprint density at radius 2 is 1.93 bits per heavy atom. The summed E-state index contributed by atoms with van der Waals surface area (Å²) in [5.41, 5.74) is 0.941. The lowest BCUT2D eigenvalue weighted by atomic mass is 10.2. The monoisotopic (exact) mass is 399 g/mol. The Kier molecular flexibility index (Phi) is 6.46. The van der Waals surface area contributed by atoms with E-state index in [1.807, 2.05) is 26.0 Å². The zero-order chi connectivity index (χ0) is 20.1. The van der Waals surface area contributed by atoms with Gasteiger partial charge in [-0.2, -0.15) is 0 Å². The molecule has 0 radical (unpaired) electrons. The van der Waals surface area contributed by atoms with Gasteiger partial charge in [-0.1, -0.05) is 49.0 Å². The molecule has 1 aromatic heterocycles. The number of rotatable bonds is 7. The van der Waals surface area contributed by atoms with E-state index in [-0.39, 0.29) is 35.6 Å². The number of para-hydroxylation sites is 1. The Morgan fingerprint density at radius 3 is 2.68 bits per heavy atom. The molecule has 1 atom stereocenters. The maximum atomic E-state index is 13.7. The van der Waals surface area contributed by atoms with Crippen molar-refractivity contribution >= 4 is 28.6 Å². The summed E-state index contributed by atoms with van der Waals surface area (Å²) in [6.07, 6.45) is 0.771. The van der Waals surface area contributed by atoms with Crippen molar-refractivity contribution in [1.82, 2.24) is 14.9 Å². The smallest absolute Gasteiger partial charge is 0.262 e. The second-order valence-electron chi connectivity index (χ2n) is 6.50. The highest BCUT2D eigenvalue weighted by molar-refractivity contribution is 7.99. The standard InChI is InChI=1S/C21H22FN3O2S/c1-3-14(2)25-20(27)16-9-5-7-11-18(16)24-21(25)28-13-19(26)23-12-15-8-4-6-10-17(15)22/h4-11,14H,3,12-13H2,1-2H3,(H,23,26)/t14-/m0/s1. The fraction of sp³-hybridized carbons (Fsp3) is 0.286. The van der Waals surface area contributed by atoms with E-state index in [1.165, 1.54) is 17.8 Å². The van der Waals surface area contributed by atoms with Gasteiger partial charge in [-0.25, -0.2) is 9.37 Å². The van der Waals surface area contributed by atoms with Gasteiger partial charge in [-0.15, -0.1) is 0 Å². The van der Waals surface area contributed by atoms with Crippen LogP contribution in [0, 0.1) is 5.82 Å². The van der Waals surface area contributed by atoms with Crippen LogP contribution < -0.4 is 10.9 Å². The Balaban J connectivity index is 1.77. The first kappa shape index (κ1) is 20.1. The molecule has 3 rings (SSSR count). The molecular weight excluding hydrogens is 377 g/mol. The molecule has 1 heterocycles. The molecule has 0 fully saturated rings. The highest BCUT2D eigenvalue weighted by Gasteiger charge is 2.16. The van der Waals surface area contributed by atoms with Gasteiger partial charge in [0.1, 0.15) is 5.82 Å². The van der Waals surface area contributed by atoms with E-state index in [0.717, 1.165) is 6.42 Å². The van der Waals surface area contributed by atoms with Gasteiger partial charge in [-0.05, 0) is 31.5 Å². The molecule has 1 N–H and O–H groups in total. The van der Waals surface area contributed by atoms with Crippen molar-refractivity contribution in [3.8, 4) is 0 Å². The first-order valence-corrected chi connectivity index (χ1v) is 10.1. The number of thioether (sulfide) groups is 1. The number of fused-ring (bicyclic) bond motifs is 1. The summed E-state index contributed by atoms with van der Waals surface area (Å²) in [6.45, 7) is 4.08. The summed E-state index contributed by atoms with van der Waals surface area (Å²) in [5.74, 6) is -0.501. The van der Waals surface area contributed by atoms with Gasteiger partial charge in [0.05, 0.1) is 16.7 Å². The van der Waals surface area contributed by atoms with Gasteiger partial charge in [0, 0.05) is 18.2 Å². The van der Waals surface area contributed by atoms with E-state index in [0.29, 0.717) is 21.6 Å². The fourth-order valence-electron chi connectivity index (χ4n) is 2.82. The van der Waals surface area contributed by atoms with Gasteiger partial charge >= 0.3 is 0 Å². The third-order valence-corrected chi connectivity index (χ3v) is 5.53. The van der Waals surface area contributed by atoms with Crippen LogP contribution in [0.1, 0.15) is 31.9 Å². The summed E-state index contributed by atoms with van der Waals surface area (Å²) >= 11 is 1.21. The molecule has 7 heteroatoms. The molecule has 0 aliphatic heterocycles. The fourth-order valence-corrected chi connectivity index (χ4v) is 3.74. The van der Waals surface area contributed by atoms with Crippen LogP contribution in [0.25, 0.3) is 10.9 Å². The number of hydrogen-bond acceptors (Lipinski definition) is 4. The topological polar surface area (TPSA) is 64.0 Å². The zero-order valence-corrected chi connectivity index (χ0v) is 16.6. The Morgan fingerprint density at radius 1 is 1.21 bits per heavy atom. The minimum Gasteiger partial charge on any atom is -0.351 e. The Labute approximate surface area is 167 Å². The van der Waals surface area contributed by atoms with Crippen LogP contribution in [-0.4, -0.2) is 21.2 Å². The number of carbonyl (C=O) groups is 1. The van der Waals surface area contributed by atoms with Crippen LogP contribution >= 0.6 is 11.8 Å². The summed E-state index contributed by atoms with van der Waals surface area (Å²) in [4.78, 5) is 29.7. The minimum absolute atomic E-state index is 0.0337. The van der Waals surface area contributed by atoms with Crippen molar-refractivity contribution in [1.29, 1.82) is 0 Å². The molecule has 0 unspecified atom stereocenters. The lowest BCUT2D eigenvalue weighted by Gasteiger charge is -2.18. The molecule has 2 aromatic carbocycles. The lowest BCUT2D eigenvalue weighted by molar-refractivity contribution is -0.118. The summed E-state index contributed by atoms with van der Waals surface area (Å²) in [5, 5.41) is 3.79. The molecule has 0 spiro atoms. The zero-order valence-electron chi connectivity index (χ0n) is 15.8. The number of halogens is 1. The molecule has 3 aromatic rings. The van der Waals surface area contributed by atoms with Crippen LogP contribution in [0.4, 0.5) is 4.39 Å². The average Bonchev–Trinajstić information content (AvgIpc) is 2.71. The van der Waals surface area contributed by atoms with E-state index in [1.54, 1.807) is 34.9 Å². The number of nitrogens with zero attached hydrogens (tertiary/aromatic N) is 2. The number of amides is 1. The number of aromatic nitrogens is 2. The highest BCUT2D eigenvalue weighted by atomic mass is 32.2. The molecule has 0 aliphatic carbocycles. The molecule has 28 heavy (non-hydrogen) atoms. The Hall–Kier alpha value is -2.67. The van der Waals surface area contributed by atoms with Crippen molar-refractivity contribution in [2.75, 3.05) is 5.75 Å². The van der Waals surface area contributed by atoms with Crippen molar-refractivity contribution in [2.45, 2.75) is 38.0 Å². The molecular formula is C21H22FN3O2S. The molecule has 0 saturated heterocycles. The van der Waals surface area contributed by atoms with Crippen LogP contribution in [0.2, 0.25) is 0 Å². The summed E-state index contributed by atoms with van der Waals surface area (Å²) < 4.78 is 15.3. The van der Waals surface area contributed by atoms with Gasteiger partial charge in [0.25, 0.3) is 5.56 Å². The lowest BCUT2D eigenvalue weighted by Crippen LogP contribution is -2.28. The van der Waals surface area contributed by atoms with E-state index in [4.69, 9.17) is 0 Å². The first-order chi connectivity index (χ1) is 13.5. The van der Waals surface area contributed by atoms with Crippen LogP contribution in [-0.2, 0) is 11.3 Å². The second kappa shape index (κ2) is 9.01. The third-order valence-electron chi connectivity index (χ3n) is 4.57. The van der Waals surface area contributed by atoms with Crippen molar-refractivity contribution < 1.29 is 9.18 Å². The molecule has 0 bridgehead atoms.